The zero-order valence-electron chi connectivity index (χ0n) is 17.1. The fraction of sp³-hybridized carbons (Fsp3) is 0.409. The molecule has 1 heterocycles. The summed E-state index contributed by atoms with van der Waals surface area (Å²) < 4.78 is 32.3. The predicted octanol–water partition coefficient (Wildman–Crippen LogP) is 3.59. The Morgan fingerprint density at radius 1 is 1.07 bits per heavy atom. The molecule has 2 aromatic carbocycles. The summed E-state index contributed by atoms with van der Waals surface area (Å²) in [5.74, 6) is 0.729. The molecule has 0 atom stereocenters. The number of carbonyl (C=O) groups excluding carboxylic acids is 1. The number of halogens is 1. The fourth-order valence-electron chi connectivity index (χ4n) is 3.30. The predicted molar refractivity (Wildman–Crippen MR) is 117 cm³/mol. The van der Waals surface area contributed by atoms with Crippen LogP contribution < -0.4 is 4.74 Å². The second-order valence-electron chi connectivity index (χ2n) is 7.37. The molecule has 1 aliphatic heterocycles. The molecular formula is C22H27ClN2O4S. The van der Waals surface area contributed by atoms with Crippen molar-refractivity contribution < 1.29 is 17.9 Å². The molecule has 3 rings (SSSR count). The van der Waals surface area contributed by atoms with Crippen molar-refractivity contribution in [1.29, 1.82) is 0 Å². The number of aryl methyl sites for hydroxylation is 1. The number of amides is 1. The van der Waals surface area contributed by atoms with Gasteiger partial charge in [-0.05, 0) is 61.2 Å². The number of sulfonamides is 1. The Morgan fingerprint density at radius 2 is 1.70 bits per heavy atom. The maximum atomic E-state index is 12.6. The first kappa shape index (κ1) is 22.6. The van der Waals surface area contributed by atoms with Crippen molar-refractivity contribution in [2.75, 3.05) is 33.3 Å². The van der Waals surface area contributed by atoms with Gasteiger partial charge in [-0.15, -0.1) is 0 Å². The molecule has 0 radical (unpaired) electrons. The van der Waals surface area contributed by atoms with E-state index in [4.69, 9.17) is 16.3 Å². The SMILES string of the molecule is CN(CCOc1ccc(Cl)cc1)C(=O)CCc1ccc(S(=O)(=O)N2CCCC2)cc1. The Labute approximate surface area is 183 Å². The van der Waals surface area contributed by atoms with Gasteiger partial charge in [0.2, 0.25) is 15.9 Å². The van der Waals surface area contributed by atoms with E-state index in [2.05, 4.69) is 0 Å². The van der Waals surface area contributed by atoms with Gasteiger partial charge >= 0.3 is 0 Å². The molecule has 2 aromatic rings. The van der Waals surface area contributed by atoms with Crippen LogP contribution in [0.5, 0.6) is 5.75 Å². The third kappa shape index (κ3) is 5.97. The molecule has 0 unspecified atom stereocenters. The lowest BCUT2D eigenvalue weighted by Crippen LogP contribution is -2.31. The topological polar surface area (TPSA) is 66.9 Å². The molecule has 0 bridgehead atoms. The van der Waals surface area contributed by atoms with E-state index < -0.39 is 10.0 Å². The van der Waals surface area contributed by atoms with Crippen LogP contribution in [0.3, 0.4) is 0 Å². The Bertz CT molecular complexity index is 940. The number of hydrogen-bond acceptors (Lipinski definition) is 4. The summed E-state index contributed by atoms with van der Waals surface area (Å²) in [5.41, 5.74) is 0.939. The number of likely N-dealkylation sites (N-methyl/N-ethyl adjacent to an activating group) is 1. The van der Waals surface area contributed by atoms with Gasteiger partial charge in [-0.2, -0.15) is 4.31 Å². The first-order valence-corrected chi connectivity index (χ1v) is 11.9. The Morgan fingerprint density at radius 3 is 2.33 bits per heavy atom. The summed E-state index contributed by atoms with van der Waals surface area (Å²) in [7, 11) is -1.65. The van der Waals surface area contributed by atoms with Crippen molar-refractivity contribution in [2.45, 2.75) is 30.6 Å². The van der Waals surface area contributed by atoms with Gasteiger partial charge in [0.25, 0.3) is 0 Å². The Balaban J connectivity index is 1.44. The summed E-state index contributed by atoms with van der Waals surface area (Å²) >= 11 is 5.84. The average Bonchev–Trinajstić information content (AvgIpc) is 3.29. The van der Waals surface area contributed by atoms with E-state index in [9.17, 15) is 13.2 Å². The Kier molecular flexibility index (Phi) is 7.75. The number of hydrogen-bond donors (Lipinski definition) is 0. The van der Waals surface area contributed by atoms with Crippen molar-refractivity contribution in [1.82, 2.24) is 9.21 Å². The van der Waals surface area contributed by atoms with Gasteiger partial charge in [0.15, 0.2) is 0 Å². The molecule has 6 nitrogen and oxygen atoms in total. The number of ether oxygens (including phenoxy) is 1. The first-order valence-electron chi connectivity index (χ1n) is 10.1. The quantitative estimate of drug-likeness (QED) is 0.585. The van der Waals surface area contributed by atoms with E-state index >= 15 is 0 Å². The minimum atomic E-state index is -3.40. The highest BCUT2D eigenvalue weighted by molar-refractivity contribution is 7.89. The minimum absolute atomic E-state index is 0.0171. The summed E-state index contributed by atoms with van der Waals surface area (Å²) in [6.45, 7) is 2.06. The molecule has 0 aliphatic carbocycles. The van der Waals surface area contributed by atoms with Crippen LogP contribution in [-0.2, 0) is 21.2 Å². The van der Waals surface area contributed by atoms with Crippen molar-refractivity contribution >= 4 is 27.5 Å². The molecule has 1 saturated heterocycles. The van der Waals surface area contributed by atoms with Gasteiger partial charge < -0.3 is 9.64 Å². The zero-order valence-corrected chi connectivity index (χ0v) is 18.7. The lowest BCUT2D eigenvalue weighted by Gasteiger charge is -2.18. The molecule has 0 aromatic heterocycles. The van der Waals surface area contributed by atoms with Crippen LogP contribution in [0.1, 0.15) is 24.8 Å². The highest BCUT2D eigenvalue weighted by Crippen LogP contribution is 2.21. The smallest absolute Gasteiger partial charge is 0.243 e. The van der Waals surface area contributed by atoms with Crippen LogP contribution in [0, 0.1) is 0 Å². The van der Waals surface area contributed by atoms with Crippen molar-refractivity contribution in [2.24, 2.45) is 0 Å². The van der Waals surface area contributed by atoms with E-state index in [1.54, 1.807) is 60.5 Å². The summed E-state index contributed by atoms with van der Waals surface area (Å²) in [6.07, 6.45) is 2.75. The van der Waals surface area contributed by atoms with Crippen LogP contribution in [0.2, 0.25) is 5.02 Å². The molecular weight excluding hydrogens is 424 g/mol. The third-order valence-corrected chi connectivity index (χ3v) is 7.35. The highest BCUT2D eigenvalue weighted by Gasteiger charge is 2.26. The monoisotopic (exact) mass is 450 g/mol. The van der Waals surface area contributed by atoms with Gasteiger partial charge in [0, 0.05) is 31.6 Å². The maximum Gasteiger partial charge on any atom is 0.243 e. The van der Waals surface area contributed by atoms with E-state index in [1.807, 2.05) is 0 Å². The van der Waals surface area contributed by atoms with Crippen molar-refractivity contribution in [3.05, 3.63) is 59.1 Å². The first-order chi connectivity index (χ1) is 14.4. The molecule has 162 valence electrons. The molecule has 1 fully saturated rings. The lowest BCUT2D eigenvalue weighted by atomic mass is 10.1. The molecule has 8 heteroatoms. The second kappa shape index (κ2) is 10.3. The number of benzene rings is 2. The average molecular weight is 451 g/mol. The van der Waals surface area contributed by atoms with Crippen LogP contribution >= 0.6 is 11.6 Å². The lowest BCUT2D eigenvalue weighted by molar-refractivity contribution is -0.130. The van der Waals surface area contributed by atoms with Gasteiger partial charge in [-0.25, -0.2) is 8.42 Å². The van der Waals surface area contributed by atoms with Crippen molar-refractivity contribution in [3.8, 4) is 5.75 Å². The van der Waals surface area contributed by atoms with E-state index in [-0.39, 0.29) is 5.91 Å². The number of rotatable bonds is 9. The van der Waals surface area contributed by atoms with Gasteiger partial charge in [-0.1, -0.05) is 23.7 Å². The minimum Gasteiger partial charge on any atom is -0.492 e. The zero-order chi connectivity index (χ0) is 21.6. The van der Waals surface area contributed by atoms with Gasteiger partial charge in [0.1, 0.15) is 12.4 Å². The molecule has 30 heavy (non-hydrogen) atoms. The third-order valence-electron chi connectivity index (χ3n) is 5.19. The largest absolute Gasteiger partial charge is 0.492 e. The van der Waals surface area contributed by atoms with E-state index in [1.165, 1.54) is 4.31 Å². The van der Waals surface area contributed by atoms with Crippen molar-refractivity contribution in [3.63, 3.8) is 0 Å². The van der Waals surface area contributed by atoms with Gasteiger partial charge in [-0.3, -0.25) is 4.79 Å². The number of nitrogens with zero attached hydrogens (tertiary/aromatic N) is 2. The fourth-order valence-corrected chi connectivity index (χ4v) is 4.95. The van der Waals surface area contributed by atoms with Crippen LogP contribution in [0.4, 0.5) is 0 Å². The Hall–Kier alpha value is -2.09. The van der Waals surface area contributed by atoms with E-state index in [0.717, 1.165) is 18.4 Å². The van der Waals surface area contributed by atoms with Crippen LogP contribution in [-0.4, -0.2) is 56.8 Å². The van der Waals surface area contributed by atoms with Crippen LogP contribution in [0.25, 0.3) is 0 Å². The standard InChI is InChI=1S/C22H27ClN2O4S/c1-24(16-17-29-20-9-7-19(23)8-10-20)22(26)13-6-18-4-11-21(12-5-18)30(27,28)25-14-2-3-15-25/h4-5,7-12H,2-3,6,13-17H2,1H3. The maximum absolute atomic E-state index is 12.6. The highest BCUT2D eigenvalue weighted by atomic mass is 35.5. The van der Waals surface area contributed by atoms with Gasteiger partial charge in [0.05, 0.1) is 11.4 Å². The normalized spacial score (nSPS) is 14.6. The summed E-state index contributed by atoms with van der Waals surface area (Å²) in [6, 6.07) is 13.9. The summed E-state index contributed by atoms with van der Waals surface area (Å²) in [4.78, 5) is 14.3. The van der Waals surface area contributed by atoms with E-state index in [0.29, 0.717) is 54.8 Å². The molecule has 1 amide bonds. The molecule has 0 spiro atoms. The molecule has 0 N–H and O–H groups in total. The molecule has 1 aliphatic rings. The molecule has 0 saturated carbocycles. The number of carbonyl (C=O) groups is 1. The van der Waals surface area contributed by atoms with Crippen LogP contribution in [0.15, 0.2) is 53.4 Å². The summed E-state index contributed by atoms with van der Waals surface area (Å²) in [5, 5.41) is 0.649. The second-order valence-corrected chi connectivity index (χ2v) is 9.75.